The van der Waals surface area contributed by atoms with Crippen molar-refractivity contribution in [3.05, 3.63) is 35.4 Å². The molecule has 0 fully saturated rings. The van der Waals surface area contributed by atoms with Crippen LogP contribution in [0.3, 0.4) is 0 Å². The second-order valence-corrected chi connectivity index (χ2v) is 4.63. The van der Waals surface area contributed by atoms with Crippen LogP contribution in [-0.4, -0.2) is 23.7 Å². The quantitative estimate of drug-likeness (QED) is 0.715. The fourth-order valence-corrected chi connectivity index (χ4v) is 1.94. The van der Waals surface area contributed by atoms with Crippen LogP contribution >= 0.6 is 0 Å². The maximum atomic E-state index is 11.6. The molecule has 1 aromatic carbocycles. The number of benzene rings is 1. The number of rotatable bonds is 7. The highest BCUT2D eigenvalue weighted by atomic mass is 16.4. The predicted molar refractivity (Wildman–Crippen MR) is 77.5 cm³/mol. The highest BCUT2D eigenvalue weighted by molar-refractivity contribution is 5.75. The molecule has 1 rings (SSSR count). The van der Waals surface area contributed by atoms with Crippen molar-refractivity contribution in [2.75, 3.05) is 6.54 Å². The van der Waals surface area contributed by atoms with Gasteiger partial charge >= 0.3 is 12.0 Å². The van der Waals surface area contributed by atoms with Crippen molar-refractivity contribution in [1.29, 1.82) is 0 Å². The Labute approximate surface area is 119 Å². The predicted octanol–water partition coefficient (Wildman–Crippen LogP) is 2.16. The van der Waals surface area contributed by atoms with E-state index >= 15 is 0 Å². The summed E-state index contributed by atoms with van der Waals surface area (Å²) in [5, 5.41) is 14.2. The average Bonchev–Trinajstić information content (AvgIpc) is 2.45. The summed E-state index contributed by atoms with van der Waals surface area (Å²) >= 11 is 0. The minimum Gasteiger partial charge on any atom is -0.481 e. The lowest BCUT2D eigenvalue weighted by atomic mass is 10.1. The SMILES string of the molecule is CCc1ccccc1CNC(=O)NCC(CC)C(=O)O. The van der Waals surface area contributed by atoms with Gasteiger partial charge in [-0.05, 0) is 24.0 Å². The van der Waals surface area contributed by atoms with Gasteiger partial charge in [0.1, 0.15) is 0 Å². The summed E-state index contributed by atoms with van der Waals surface area (Å²) in [5.74, 6) is -1.42. The standard InChI is InChI=1S/C15H22N2O3/c1-3-11-7-5-6-8-13(11)10-17-15(20)16-9-12(4-2)14(18)19/h5-8,12H,3-4,9-10H2,1-2H3,(H,18,19)(H2,16,17,20). The Kier molecular flexibility index (Phi) is 6.56. The van der Waals surface area contributed by atoms with Crippen molar-refractivity contribution in [3.63, 3.8) is 0 Å². The smallest absolute Gasteiger partial charge is 0.315 e. The molecule has 5 nitrogen and oxygen atoms in total. The molecular formula is C15H22N2O3. The molecule has 3 N–H and O–H groups in total. The first-order chi connectivity index (χ1) is 9.58. The zero-order valence-corrected chi connectivity index (χ0v) is 12.0. The normalized spacial score (nSPS) is 11.7. The van der Waals surface area contributed by atoms with E-state index in [4.69, 9.17) is 5.11 Å². The summed E-state index contributed by atoms with van der Waals surface area (Å²) in [6, 6.07) is 7.58. The first-order valence-electron chi connectivity index (χ1n) is 6.89. The van der Waals surface area contributed by atoms with Gasteiger partial charge in [0.2, 0.25) is 0 Å². The lowest BCUT2D eigenvalue weighted by Gasteiger charge is -2.13. The van der Waals surface area contributed by atoms with Gasteiger partial charge in [0.25, 0.3) is 0 Å². The van der Waals surface area contributed by atoms with Gasteiger partial charge in [-0.1, -0.05) is 38.1 Å². The van der Waals surface area contributed by atoms with E-state index in [1.165, 1.54) is 5.56 Å². The Morgan fingerprint density at radius 1 is 1.15 bits per heavy atom. The lowest BCUT2D eigenvalue weighted by Crippen LogP contribution is -2.39. The summed E-state index contributed by atoms with van der Waals surface area (Å²) < 4.78 is 0. The minimum absolute atomic E-state index is 0.146. The van der Waals surface area contributed by atoms with Gasteiger partial charge in [0, 0.05) is 13.1 Å². The van der Waals surface area contributed by atoms with Crippen molar-refractivity contribution in [1.82, 2.24) is 10.6 Å². The summed E-state index contributed by atoms with van der Waals surface area (Å²) in [6.07, 6.45) is 1.41. The number of carboxylic acid groups (broad SMARTS) is 1. The molecular weight excluding hydrogens is 256 g/mol. The van der Waals surface area contributed by atoms with Gasteiger partial charge in [-0.3, -0.25) is 4.79 Å². The van der Waals surface area contributed by atoms with E-state index in [-0.39, 0.29) is 12.6 Å². The van der Waals surface area contributed by atoms with Crippen molar-refractivity contribution >= 4 is 12.0 Å². The van der Waals surface area contributed by atoms with Crippen LogP contribution in [0.2, 0.25) is 0 Å². The molecule has 1 aromatic rings. The van der Waals surface area contributed by atoms with Gasteiger partial charge in [-0.2, -0.15) is 0 Å². The molecule has 0 spiro atoms. The van der Waals surface area contributed by atoms with Crippen LogP contribution in [0.5, 0.6) is 0 Å². The molecule has 2 amide bonds. The largest absolute Gasteiger partial charge is 0.481 e. The number of carboxylic acids is 1. The number of carbonyl (C=O) groups is 2. The number of carbonyl (C=O) groups excluding carboxylic acids is 1. The van der Waals surface area contributed by atoms with Crippen LogP contribution in [0.15, 0.2) is 24.3 Å². The number of nitrogens with one attached hydrogen (secondary N) is 2. The second kappa shape index (κ2) is 8.19. The number of aryl methyl sites for hydroxylation is 1. The van der Waals surface area contributed by atoms with E-state index in [2.05, 4.69) is 17.6 Å². The Morgan fingerprint density at radius 3 is 2.35 bits per heavy atom. The van der Waals surface area contributed by atoms with Crippen LogP contribution in [0.25, 0.3) is 0 Å². The van der Waals surface area contributed by atoms with Crippen molar-refractivity contribution < 1.29 is 14.7 Å². The van der Waals surface area contributed by atoms with Crippen molar-refractivity contribution in [2.24, 2.45) is 5.92 Å². The number of urea groups is 1. The van der Waals surface area contributed by atoms with Crippen LogP contribution in [0.1, 0.15) is 31.4 Å². The van der Waals surface area contributed by atoms with Crippen LogP contribution in [-0.2, 0) is 17.8 Å². The molecule has 0 bridgehead atoms. The molecule has 0 aliphatic rings. The summed E-state index contributed by atoms with van der Waals surface area (Å²) in [6.45, 7) is 4.44. The number of hydrogen-bond donors (Lipinski definition) is 3. The summed E-state index contributed by atoms with van der Waals surface area (Å²) in [7, 11) is 0. The minimum atomic E-state index is -0.885. The summed E-state index contributed by atoms with van der Waals surface area (Å²) in [5.41, 5.74) is 2.28. The molecule has 0 heterocycles. The van der Waals surface area contributed by atoms with Crippen molar-refractivity contribution in [3.8, 4) is 0 Å². The maximum Gasteiger partial charge on any atom is 0.315 e. The molecule has 5 heteroatoms. The van der Waals surface area contributed by atoms with Crippen LogP contribution in [0.4, 0.5) is 4.79 Å². The fraction of sp³-hybridized carbons (Fsp3) is 0.467. The molecule has 1 unspecified atom stereocenters. The molecule has 110 valence electrons. The van der Waals surface area contributed by atoms with E-state index < -0.39 is 11.9 Å². The van der Waals surface area contributed by atoms with Gasteiger partial charge in [-0.25, -0.2) is 4.79 Å². The highest BCUT2D eigenvalue weighted by Crippen LogP contribution is 2.08. The van der Waals surface area contributed by atoms with Gasteiger partial charge in [-0.15, -0.1) is 0 Å². The number of hydrogen-bond acceptors (Lipinski definition) is 2. The van der Waals surface area contributed by atoms with Gasteiger partial charge in [0.05, 0.1) is 5.92 Å². The average molecular weight is 278 g/mol. The van der Waals surface area contributed by atoms with Crippen LogP contribution in [0, 0.1) is 5.92 Å². The molecule has 0 saturated carbocycles. The number of aliphatic carboxylic acids is 1. The Balaban J connectivity index is 2.42. The summed E-state index contributed by atoms with van der Waals surface area (Å²) in [4.78, 5) is 22.5. The first kappa shape index (κ1) is 16.0. The third kappa shape index (κ3) is 4.91. The fourth-order valence-electron chi connectivity index (χ4n) is 1.94. The number of amides is 2. The Hall–Kier alpha value is -2.04. The van der Waals surface area contributed by atoms with Crippen molar-refractivity contribution in [2.45, 2.75) is 33.2 Å². The molecule has 1 atom stereocenters. The topological polar surface area (TPSA) is 78.4 Å². The third-order valence-electron chi connectivity index (χ3n) is 3.29. The van der Waals surface area contributed by atoms with E-state index in [0.29, 0.717) is 13.0 Å². The molecule has 0 aromatic heterocycles. The Bertz CT molecular complexity index is 460. The van der Waals surface area contributed by atoms with E-state index in [1.807, 2.05) is 24.3 Å². The monoisotopic (exact) mass is 278 g/mol. The molecule has 20 heavy (non-hydrogen) atoms. The van der Waals surface area contributed by atoms with E-state index in [1.54, 1.807) is 6.92 Å². The lowest BCUT2D eigenvalue weighted by molar-refractivity contribution is -0.141. The zero-order chi connectivity index (χ0) is 15.0. The molecule has 0 aliphatic carbocycles. The third-order valence-corrected chi connectivity index (χ3v) is 3.29. The van der Waals surface area contributed by atoms with E-state index in [9.17, 15) is 9.59 Å². The van der Waals surface area contributed by atoms with Gasteiger partial charge in [0.15, 0.2) is 0 Å². The van der Waals surface area contributed by atoms with E-state index in [0.717, 1.165) is 12.0 Å². The first-order valence-corrected chi connectivity index (χ1v) is 6.89. The van der Waals surface area contributed by atoms with Gasteiger partial charge < -0.3 is 15.7 Å². The zero-order valence-electron chi connectivity index (χ0n) is 12.0. The molecule has 0 saturated heterocycles. The van der Waals surface area contributed by atoms with Crippen LogP contribution < -0.4 is 10.6 Å². The molecule has 0 radical (unpaired) electrons. The maximum absolute atomic E-state index is 11.6. The Morgan fingerprint density at radius 2 is 1.80 bits per heavy atom. The highest BCUT2D eigenvalue weighted by Gasteiger charge is 2.15. The second-order valence-electron chi connectivity index (χ2n) is 4.63. The molecule has 0 aliphatic heterocycles.